The first-order valence-electron chi connectivity index (χ1n) is 6.83. The molecule has 2 atom stereocenters. The second kappa shape index (κ2) is 6.21. The van der Waals surface area contributed by atoms with Crippen molar-refractivity contribution in [2.45, 2.75) is 44.4 Å². The molecule has 0 radical (unpaired) electrons. The molecule has 0 bridgehead atoms. The lowest BCUT2D eigenvalue weighted by Gasteiger charge is -2.26. The summed E-state index contributed by atoms with van der Waals surface area (Å²) in [6.45, 7) is 0.894. The molecule has 0 saturated heterocycles. The van der Waals surface area contributed by atoms with Crippen LogP contribution in [0.5, 0.6) is 0 Å². The molecule has 1 saturated carbocycles. The van der Waals surface area contributed by atoms with E-state index < -0.39 is 0 Å². The fourth-order valence-corrected chi connectivity index (χ4v) is 2.52. The molecular weight excluding hydrogens is 224 g/mol. The van der Waals surface area contributed by atoms with Crippen LogP contribution in [0.3, 0.4) is 0 Å². The molecule has 1 aromatic carbocycles. The lowest BCUT2D eigenvalue weighted by Crippen LogP contribution is -2.35. The normalized spacial score (nSPS) is 23.9. The highest BCUT2D eigenvalue weighted by Crippen LogP contribution is 2.19. The summed E-state index contributed by atoms with van der Waals surface area (Å²) in [6, 6.07) is 9.10. The summed E-state index contributed by atoms with van der Waals surface area (Å²) in [5, 5.41) is 13.2. The van der Waals surface area contributed by atoms with Crippen molar-refractivity contribution in [2.24, 2.45) is 0 Å². The Morgan fingerprint density at radius 2 is 1.94 bits per heavy atom. The lowest BCUT2D eigenvalue weighted by atomic mass is 9.93. The number of nitrogens with one attached hydrogen (secondary N) is 1. The maximum atomic E-state index is 9.63. The second-order valence-electron chi connectivity index (χ2n) is 5.46. The number of aliphatic hydroxyl groups is 1. The average molecular weight is 248 g/mol. The van der Waals surface area contributed by atoms with Crippen LogP contribution in [0.1, 0.15) is 31.2 Å². The smallest absolute Gasteiger partial charge is 0.0555 e. The van der Waals surface area contributed by atoms with E-state index >= 15 is 0 Å². The van der Waals surface area contributed by atoms with E-state index in [1.54, 1.807) is 0 Å². The maximum Gasteiger partial charge on any atom is 0.0555 e. The van der Waals surface area contributed by atoms with Gasteiger partial charge in [0.2, 0.25) is 0 Å². The molecule has 0 aliphatic heterocycles. The summed E-state index contributed by atoms with van der Waals surface area (Å²) in [5.41, 5.74) is 2.53. The number of rotatable bonds is 4. The molecular formula is C15H24N2O. The summed E-state index contributed by atoms with van der Waals surface area (Å²) in [4.78, 5) is 2.11. The Balaban J connectivity index is 1.82. The zero-order chi connectivity index (χ0) is 13.0. The van der Waals surface area contributed by atoms with Crippen molar-refractivity contribution in [1.82, 2.24) is 5.32 Å². The molecule has 0 spiro atoms. The molecule has 0 heterocycles. The van der Waals surface area contributed by atoms with Gasteiger partial charge < -0.3 is 15.3 Å². The standard InChI is InChI=1S/C15H24N2O/c1-17(2)14-8-6-12(7-9-14)11-16-13-4-3-5-15(18)10-13/h6-9,13,15-16,18H,3-5,10-11H2,1-2H3. The van der Waals surface area contributed by atoms with Crippen LogP contribution in [0.2, 0.25) is 0 Å². The van der Waals surface area contributed by atoms with Crippen molar-refractivity contribution in [3.05, 3.63) is 29.8 Å². The van der Waals surface area contributed by atoms with Gasteiger partial charge in [-0.1, -0.05) is 12.1 Å². The monoisotopic (exact) mass is 248 g/mol. The Hall–Kier alpha value is -1.06. The predicted octanol–water partition coefficient (Wildman–Crippen LogP) is 2.15. The molecule has 18 heavy (non-hydrogen) atoms. The summed E-state index contributed by atoms with van der Waals surface area (Å²) >= 11 is 0. The number of aliphatic hydroxyl groups excluding tert-OH is 1. The minimum atomic E-state index is -0.104. The van der Waals surface area contributed by atoms with E-state index in [9.17, 15) is 5.11 Å². The third-order valence-corrected chi connectivity index (χ3v) is 3.69. The van der Waals surface area contributed by atoms with Crippen LogP contribution in [0, 0.1) is 0 Å². The molecule has 3 nitrogen and oxygen atoms in total. The Labute approximate surface area is 110 Å². The largest absolute Gasteiger partial charge is 0.393 e. The molecule has 2 rings (SSSR count). The molecule has 0 aromatic heterocycles. The van der Waals surface area contributed by atoms with Gasteiger partial charge in [0.25, 0.3) is 0 Å². The highest BCUT2D eigenvalue weighted by molar-refractivity contribution is 5.45. The van der Waals surface area contributed by atoms with E-state index in [4.69, 9.17) is 0 Å². The zero-order valence-corrected chi connectivity index (χ0v) is 11.4. The number of benzene rings is 1. The van der Waals surface area contributed by atoms with Crippen LogP contribution in [0.15, 0.2) is 24.3 Å². The third-order valence-electron chi connectivity index (χ3n) is 3.69. The van der Waals surface area contributed by atoms with Gasteiger partial charge in [0.05, 0.1) is 6.10 Å². The molecule has 2 N–H and O–H groups in total. The highest BCUT2D eigenvalue weighted by atomic mass is 16.3. The van der Waals surface area contributed by atoms with Gasteiger partial charge in [0.1, 0.15) is 0 Å². The van der Waals surface area contributed by atoms with E-state index in [0.29, 0.717) is 6.04 Å². The van der Waals surface area contributed by atoms with Gasteiger partial charge in [-0.25, -0.2) is 0 Å². The van der Waals surface area contributed by atoms with Crippen molar-refractivity contribution in [1.29, 1.82) is 0 Å². The summed E-state index contributed by atoms with van der Waals surface area (Å²) in [5.74, 6) is 0. The van der Waals surface area contributed by atoms with E-state index in [2.05, 4.69) is 48.6 Å². The van der Waals surface area contributed by atoms with Crippen LogP contribution in [0.25, 0.3) is 0 Å². The summed E-state index contributed by atoms with van der Waals surface area (Å²) < 4.78 is 0. The summed E-state index contributed by atoms with van der Waals surface area (Å²) in [7, 11) is 4.10. The van der Waals surface area contributed by atoms with Crippen molar-refractivity contribution in [2.75, 3.05) is 19.0 Å². The molecule has 1 aromatic rings. The van der Waals surface area contributed by atoms with Gasteiger partial charge in [0, 0.05) is 32.4 Å². The van der Waals surface area contributed by atoms with Crippen molar-refractivity contribution >= 4 is 5.69 Å². The van der Waals surface area contributed by atoms with Crippen LogP contribution in [0.4, 0.5) is 5.69 Å². The third kappa shape index (κ3) is 3.72. The van der Waals surface area contributed by atoms with Crippen LogP contribution < -0.4 is 10.2 Å². The minimum absolute atomic E-state index is 0.104. The quantitative estimate of drug-likeness (QED) is 0.857. The SMILES string of the molecule is CN(C)c1ccc(CNC2CCCC(O)C2)cc1. The highest BCUT2D eigenvalue weighted by Gasteiger charge is 2.19. The molecule has 1 aliphatic carbocycles. The maximum absolute atomic E-state index is 9.63. The summed E-state index contributed by atoms with van der Waals surface area (Å²) in [6.07, 6.45) is 4.09. The first-order chi connectivity index (χ1) is 8.65. The molecule has 2 unspecified atom stereocenters. The molecule has 1 aliphatic rings. The Kier molecular flexibility index (Phi) is 4.61. The van der Waals surface area contributed by atoms with Gasteiger partial charge in [0.15, 0.2) is 0 Å². The lowest BCUT2D eigenvalue weighted by molar-refractivity contribution is 0.111. The van der Waals surface area contributed by atoms with Crippen molar-refractivity contribution in [3.63, 3.8) is 0 Å². The Morgan fingerprint density at radius 1 is 1.22 bits per heavy atom. The number of hydrogen-bond acceptors (Lipinski definition) is 3. The fraction of sp³-hybridized carbons (Fsp3) is 0.600. The minimum Gasteiger partial charge on any atom is -0.393 e. The molecule has 0 amide bonds. The van der Waals surface area contributed by atoms with Gasteiger partial charge >= 0.3 is 0 Å². The van der Waals surface area contributed by atoms with Gasteiger partial charge in [-0.3, -0.25) is 0 Å². The first kappa shape index (κ1) is 13.4. The zero-order valence-electron chi connectivity index (χ0n) is 11.4. The van der Waals surface area contributed by atoms with E-state index in [0.717, 1.165) is 25.8 Å². The van der Waals surface area contributed by atoms with E-state index in [1.165, 1.54) is 17.7 Å². The van der Waals surface area contributed by atoms with E-state index in [1.807, 2.05) is 0 Å². The predicted molar refractivity (Wildman–Crippen MR) is 75.9 cm³/mol. The first-order valence-corrected chi connectivity index (χ1v) is 6.83. The number of hydrogen-bond donors (Lipinski definition) is 2. The van der Waals surface area contributed by atoms with Crippen LogP contribution >= 0.6 is 0 Å². The number of nitrogens with zero attached hydrogens (tertiary/aromatic N) is 1. The van der Waals surface area contributed by atoms with Gasteiger partial charge in [-0.05, 0) is 43.4 Å². The van der Waals surface area contributed by atoms with Crippen molar-refractivity contribution < 1.29 is 5.11 Å². The molecule has 3 heteroatoms. The fourth-order valence-electron chi connectivity index (χ4n) is 2.52. The van der Waals surface area contributed by atoms with E-state index in [-0.39, 0.29) is 6.10 Å². The van der Waals surface area contributed by atoms with Gasteiger partial charge in [-0.2, -0.15) is 0 Å². The van der Waals surface area contributed by atoms with Gasteiger partial charge in [-0.15, -0.1) is 0 Å². The van der Waals surface area contributed by atoms with Crippen LogP contribution in [-0.2, 0) is 6.54 Å². The Morgan fingerprint density at radius 3 is 2.56 bits per heavy atom. The molecule has 1 fully saturated rings. The van der Waals surface area contributed by atoms with Crippen LogP contribution in [-0.4, -0.2) is 31.3 Å². The topological polar surface area (TPSA) is 35.5 Å². The molecule has 100 valence electrons. The van der Waals surface area contributed by atoms with Crippen molar-refractivity contribution in [3.8, 4) is 0 Å². The second-order valence-corrected chi connectivity index (χ2v) is 5.46. The number of anilines is 1. The Bertz CT molecular complexity index is 361. The average Bonchev–Trinajstić information content (AvgIpc) is 2.37.